The van der Waals surface area contributed by atoms with Gasteiger partial charge in [-0.25, -0.2) is 4.39 Å². The second kappa shape index (κ2) is 3.69. The van der Waals surface area contributed by atoms with Crippen LogP contribution in [-0.4, -0.2) is 13.2 Å². The lowest BCUT2D eigenvalue weighted by atomic mass is 10.1. The van der Waals surface area contributed by atoms with E-state index in [1.807, 2.05) is 0 Å². The van der Waals surface area contributed by atoms with Crippen molar-refractivity contribution in [2.75, 3.05) is 13.2 Å². The van der Waals surface area contributed by atoms with Crippen LogP contribution >= 0.6 is 0 Å². The molecule has 2 nitrogen and oxygen atoms in total. The van der Waals surface area contributed by atoms with Gasteiger partial charge in [0, 0.05) is 12.1 Å². The van der Waals surface area contributed by atoms with Crippen molar-refractivity contribution in [1.82, 2.24) is 5.32 Å². The third-order valence-corrected chi connectivity index (χ3v) is 2.16. The van der Waals surface area contributed by atoms with Crippen molar-refractivity contribution >= 4 is 0 Å². The average molecular weight is 191 g/mol. The Bertz CT molecular complexity index is 383. The molecule has 1 aromatic rings. The Morgan fingerprint density at radius 2 is 2.43 bits per heavy atom. The van der Waals surface area contributed by atoms with E-state index >= 15 is 0 Å². The number of benzene rings is 1. The molecule has 72 valence electrons. The first-order valence-corrected chi connectivity index (χ1v) is 4.43. The van der Waals surface area contributed by atoms with Crippen LogP contribution in [0.5, 0.6) is 5.75 Å². The van der Waals surface area contributed by atoms with Crippen LogP contribution in [0.25, 0.3) is 0 Å². The molecule has 1 heterocycles. The maximum absolute atomic E-state index is 13.0. The number of nitrogens with one attached hydrogen (secondary N) is 1. The van der Waals surface area contributed by atoms with Crippen LogP contribution in [0.1, 0.15) is 11.6 Å². The van der Waals surface area contributed by atoms with Crippen LogP contribution in [-0.2, 0) is 0 Å². The minimum absolute atomic E-state index is 0.261. The molecule has 1 aliphatic rings. The number of rotatable bonds is 0. The van der Waals surface area contributed by atoms with E-state index < -0.39 is 0 Å². The van der Waals surface area contributed by atoms with E-state index in [1.54, 1.807) is 6.07 Å². The lowest BCUT2D eigenvalue weighted by molar-refractivity contribution is 0.325. The lowest BCUT2D eigenvalue weighted by Gasteiger charge is -2.10. The van der Waals surface area contributed by atoms with Crippen molar-refractivity contribution in [2.45, 2.75) is 6.04 Å². The molecule has 14 heavy (non-hydrogen) atoms. The zero-order chi connectivity index (χ0) is 9.97. The highest BCUT2D eigenvalue weighted by Crippen LogP contribution is 2.27. The van der Waals surface area contributed by atoms with Gasteiger partial charge < -0.3 is 4.74 Å². The summed E-state index contributed by atoms with van der Waals surface area (Å²) < 4.78 is 18.4. The molecule has 1 N–H and O–H groups in total. The van der Waals surface area contributed by atoms with Gasteiger partial charge in [0.25, 0.3) is 0 Å². The first kappa shape index (κ1) is 9.04. The summed E-state index contributed by atoms with van der Waals surface area (Å²) >= 11 is 0. The van der Waals surface area contributed by atoms with E-state index in [4.69, 9.17) is 11.2 Å². The molecule has 0 radical (unpaired) electrons. The number of hydrogen-bond donors (Lipinski definition) is 1. The molecular weight excluding hydrogens is 181 g/mol. The van der Waals surface area contributed by atoms with Gasteiger partial charge in [-0.3, -0.25) is 5.32 Å². The number of fused-ring (bicyclic) bond motifs is 1. The first-order valence-electron chi connectivity index (χ1n) is 4.43. The highest BCUT2D eigenvalue weighted by molar-refractivity contribution is 5.40. The normalized spacial score (nSPS) is 20.1. The van der Waals surface area contributed by atoms with Crippen LogP contribution in [0.2, 0.25) is 0 Å². The largest absolute Gasteiger partial charge is 0.492 e. The number of ether oxygens (including phenoxy) is 1. The average Bonchev–Trinajstić information content (AvgIpc) is 2.39. The molecule has 0 saturated heterocycles. The van der Waals surface area contributed by atoms with Crippen LogP contribution in [0.4, 0.5) is 4.39 Å². The lowest BCUT2D eigenvalue weighted by Crippen LogP contribution is -2.21. The second-order valence-electron chi connectivity index (χ2n) is 3.08. The van der Waals surface area contributed by atoms with Crippen LogP contribution in [0.15, 0.2) is 18.2 Å². The third kappa shape index (κ3) is 1.57. The van der Waals surface area contributed by atoms with Crippen molar-refractivity contribution in [1.29, 1.82) is 0 Å². The second-order valence-corrected chi connectivity index (χ2v) is 3.08. The Morgan fingerprint density at radius 1 is 1.57 bits per heavy atom. The zero-order valence-corrected chi connectivity index (χ0v) is 7.59. The van der Waals surface area contributed by atoms with E-state index in [0.717, 1.165) is 0 Å². The van der Waals surface area contributed by atoms with Gasteiger partial charge in [0.1, 0.15) is 18.2 Å². The summed E-state index contributed by atoms with van der Waals surface area (Å²) in [5.41, 5.74) is 0.699. The predicted octanol–water partition coefficient (Wildman–Crippen LogP) is 1.48. The zero-order valence-electron chi connectivity index (χ0n) is 7.59. The summed E-state index contributed by atoms with van der Waals surface area (Å²) in [5.74, 6) is 2.94. The molecule has 1 atom stereocenters. The van der Waals surface area contributed by atoms with Gasteiger partial charge in [0.2, 0.25) is 0 Å². The van der Waals surface area contributed by atoms with Gasteiger partial charge in [-0.05, 0) is 18.2 Å². The summed E-state index contributed by atoms with van der Waals surface area (Å²) in [4.78, 5) is 0. The molecule has 1 aliphatic heterocycles. The topological polar surface area (TPSA) is 21.3 Å². The Kier molecular flexibility index (Phi) is 2.38. The molecule has 0 saturated carbocycles. The summed E-state index contributed by atoms with van der Waals surface area (Å²) in [7, 11) is 0. The molecule has 1 unspecified atom stereocenters. The van der Waals surface area contributed by atoms with E-state index in [0.29, 0.717) is 24.5 Å². The Morgan fingerprint density at radius 3 is 3.21 bits per heavy atom. The van der Waals surface area contributed by atoms with E-state index in [2.05, 4.69) is 11.2 Å². The van der Waals surface area contributed by atoms with Crippen LogP contribution < -0.4 is 10.1 Å². The fourth-order valence-electron chi connectivity index (χ4n) is 1.50. The quantitative estimate of drug-likeness (QED) is 0.627. The van der Waals surface area contributed by atoms with E-state index in [-0.39, 0.29) is 11.9 Å². The minimum Gasteiger partial charge on any atom is -0.492 e. The maximum atomic E-state index is 13.0. The summed E-state index contributed by atoms with van der Waals surface area (Å²) in [6.45, 7) is 1.22. The number of halogens is 1. The van der Waals surface area contributed by atoms with E-state index in [9.17, 15) is 4.39 Å². The molecular formula is C11H10FNO. The first-order chi connectivity index (χ1) is 6.81. The van der Waals surface area contributed by atoms with Gasteiger partial charge >= 0.3 is 0 Å². The van der Waals surface area contributed by atoms with Crippen molar-refractivity contribution in [3.8, 4) is 18.1 Å². The predicted molar refractivity (Wildman–Crippen MR) is 51.5 cm³/mol. The van der Waals surface area contributed by atoms with Crippen molar-refractivity contribution in [3.63, 3.8) is 0 Å². The Hall–Kier alpha value is -1.53. The molecule has 1 aromatic carbocycles. The highest BCUT2D eigenvalue weighted by Gasteiger charge is 2.17. The Balaban J connectivity index is 2.47. The van der Waals surface area contributed by atoms with Gasteiger partial charge in [0.15, 0.2) is 0 Å². The fraction of sp³-hybridized carbons (Fsp3) is 0.273. The maximum Gasteiger partial charge on any atom is 0.125 e. The molecule has 0 spiro atoms. The Labute approximate surface area is 82.1 Å². The summed E-state index contributed by atoms with van der Waals surface area (Å²) in [6.07, 6.45) is 5.35. The summed E-state index contributed by atoms with van der Waals surface area (Å²) in [6, 6.07) is 4.14. The smallest absolute Gasteiger partial charge is 0.125 e. The molecule has 0 fully saturated rings. The van der Waals surface area contributed by atoms with Crippen molar-refractivity contribution in [2.24, 2.45) is 0 Å². The van der Waals surface area contributed by atoms with Gasteiger partial charge in [-0.1, -0.05) is 5.92 Å². The van der Waals surface area contributed by atoms with Crippen LogP contribution in [0, 0.1) is 18.2 Å². The minimum atomic E-state index is -0.295. The van der Waals surface area contributed by atoms with E-state index in [1.165, 1.54) is 12.1 Å². The number of terminal acetylenes is 1. The summed E-state index contributed by atoms with van der Waals surface area (Å²) in [5, 5.41) is 3.09. The standard InChI is InChI=1S/C11H10FNO/c1-2-10-9-7-8(12)3-4-11(9)14-6-5-13-10/h1,3-4,7,10,13H,5-6H2. The van der Waals surface area contributed by atoms with Gasteiger partial charge in [-0.2, -0.15) is 0 Å². The van der Waals surface area contributed by atoms with Gasteiger partial charge in [-0.15, -0.1) is 6.42 Å². The molecule has 0 aromatic heterocycles. The molecule has 3 heteroatoms. The third-order valence-electron chi connectivity index (χ3n) is 2.16. The fourth-order valence-corrected chi connectivity index (χ4v) is 1.50. The molecule has 0 aliphatic carbocycles. The SMILES string of the molecule is C#CC1NCCOc2ccc(F)cc21. The molecule has 0 bridgehead atoms. The molecule has 2 rings (SSSR count). The monoisotopic (exact) mass is 191 g/mol. The van der Waals surface area contributed by atoms with Crippen LogP contribution in [0.3, 0.4) is 0 Å². The van der Waals surface area contributed by atoms with Crippen molar-refractivity contribution in [3.05, 3.63) is 29.6 Å². The number of hydrogen-bond acceptors (Lipinski definition) is 2. The van der Waals surface area contributed by atoms with Gasteiger partial charge in [0.05, 0.1) is 6.04 Å². The molecule has 0 amide bonds. The van der Waals surface area contributed by atoms with Crippen molar-refractivity contribution < 1.29 is 9.13 Å². The highest BCUT2D eigenvalue weighted by atomic mass is 19.1.